The van der Waals surface area contributed by atoms with Gasteiger partial charge in [0.1, 0.15) is 5.69 Å². The van der Waals surface area contributed by atoms with Crippen molar-refractivity contribution in [3.05, 3.63) is 28.3 Å². The molecule has 1 atom stereocenters. The van der Waals surface area contributed by atoms with Crippen molar-refractivity contribution in [2.24, 2.45) is 7.05 Å². The standard InChI is InChI=1S/C15H21N3O2S/c1-9(19)15(3,4)17-14(20)13-6-11(7-18(13)5)12-8-21-10(2)16-12/h6-9,19H,1-5H3,(H,17,20). The summed E-state index contributed by atoms with van der Waals surface area (Å²) in [6, 6.07) is 1.82. The summed E-state index contributed by atoms with van der Waals surface area (Å²) >= 11 is 1.58. The third kappa shape index (κ3) is 3.33. The van der Waals surface area contributed by atoms with Crippen molar-refractivity contribution in [2.45, 2.75) is 39.3 Å². The Hall–Kier alpha value is -1.66. The van der Waals surface area contributed by atoms with Gasteiger partial charge < -0.3 is 15.0 Å². The number of amides is 1. The van der Waals surface area contributed by atoms with E-state index in [1.165, 1.54) is 0 Å². The molecular weight excluding hydrogens is 286 g/mol. The lowest BCUT2D eigenvalue weighted by atomic mass is 9.98. The third-order valence-electron chi connectivity index (χ3n) is 3.63. The zero-order chi connectivity index (χ0) is 15.8. The van der Waals surface area contributed by atoms with Crippen molar-refractivity contribution in [3.63, 3.8) is 0 Å². The van der Waals surface area contributed by atoms with Gasteiger partial charge >= 0.3 is 0 Å². The van der Waals surface area contributed by atoms with E-state index in [-0.39, 0.29) is 5.91 Å². The number of aliphatic hydroxyl groups is 1. The minimum atomic E-state index is -0.682. The van der Waals surface area contributed by atoms with Crippen LogP contribution in [0.3, 0.4) is 0 Å². The van der Waals surface area contributed by atoms with E-state index in [1.807, 2.05) is 31.6 Å². The number of nitrogens with zero attached hydrogens (tertiary/aromatic N) is 2. The molecule has 2 heterocycles. The molecule has 1 amide bonds. The normalized spacial score (nSPS) is 13.2. The van der Waals surface area contributed by atoms with Gasteiger partial charge in [0, 0.05) is 24.2 Å². The van der Waals surface area contributed by atoms with Gasteiger partial charge in [-0.05, 0) is 33.8 Å². The van der Waals surface area contributed by atoms with Crippen LogP contribution in [0.25, 0.3) is 11.3 Å². The number of carbonyl (C=O) groups excluding carboxylic acids is 1. The highest BCUT2D eigenvalue weighted by Crippen LogP contribution is 2.24. The lowest BCUT2D eigenvalue weighted by Gasteiger charge is -2.29. The van der Waals surface area contributed by atoms with Crippen LogP contribution in [0.5, 0.6) is 0 Å². The Morgan fingerprint density at radius 2 is 2.19 bits per heavy atom. The van der Waals surface area contributed by atoms with E-state index < -0.39 is 11.6 Å². The second kappa shape index (κ2) is 5.61. The van der Waals surface area contributed by atoms with Gasteiger partial charge in [0.05, 0.1) is 22.3 Å². The van der Waals surface area contributed by atoms with E-state index in [4.69, 9.17) is 0 Å². The highest BCUT2D eigenvalue weighted by molar-refractivity contribution is 7.09. The smallest absolute Gasteiger partial charge is 0.268 e. The maximum atomic E-state index is 12.4. The fourth-order valence-electron chi connectivity index (χ4n) is 1.89. The lowest BCUT2D eigenvalue weighted by molar-refractivity contribution is 0.0703. The summed E-state index contributed by atoms with van der Waals surface area (Å²) in [5.74, 6) is -0.207. The van der Waals surface area contributed by atoms with E-state index in [2.05, 4.69) is 10.3 Å². The monoisotopic (exact) mass is 307 g/mol. The van der Waals surface area contributed by atoms with E-state index in [0.717, 1.165) is 16.3 Å². The number of aromatic nitrogens is 2. The molecule has 0 bridgehead atoms. The number of hydrogen-bond donors (Lipinski definition) is 2. The first-order valence-electron chi connectivity index (χ1n) is 6.80. The predicted octanol–water partition coefficient (Wildman–Crippen LogP) is 2.35. The van der Waals surface area contributed by atoms with E-state index >= 15 is 0 Å². The Morgan fingerprint density at radius 3 is 2.71 bits per heavy atom. The summed E-state index contributed by atoms with van der Waals surface area (Å²) in [7, 11) is 1.83. The van der Waals surface area contributed by atoms with Gasteiger partial charge in [0.2, 0.25) is 0 Å². The van der Waals surface area contributed by atoms with Crippen LogP contribution in [0.15, 0.2) is 17.6 Å². The number of hydrogen-bond acceptors (Lipinski definition) is 4. The third-order valence-corrected chi connectivity index (χ3v) is 4.41. The molecule has 2 aromatic heterocycles. The van der Waals surface area contributed by atoms with E-state index in [1.54, 1.807) is 36.7 Å². The summed E-state index contributed by atoms with van der Waals surface area (Å²) in [5.41, 5.74) is 1.66. The quantitative estimate of drug-likeness (QED) is 0.911. The number of aliphatic hydroxyl groups excluding tert-OH is 1. The van der Waals surface area contributed by atoms with Gasteiger partial charge in [0.25, 0.3) is 5.91 Å². The van der Waals surface area contributed by atoms with Crippen molar-refractivity contribution >= 4 is 17.2 Å². The van der Waals surface area contributed by atoms with Gasteiger partial charge in [0.15, 0.2) is 0 Å². The van der Waals surface area contributed by atoms with E-state index in [9.17, 15) is 9.90 Å². The second-order valence-electron chi connectivity index (χ2n) is 5.83. The van der Waals surface area contributed by atoms with Crippen molar-refractivity contribution < 1.29 is 9.90 Å². The molecular formula is C15H21N3O2S. The molecule has 1 unspecified atom stereocenters. The second-order valence-corrected chi connectivity index (χ2v) is 6.89. The molecule has 0 aliphatic heterocycles. The minimum Gasteiger partial charge on any atom is -0.391 e. The van der Waals surface area contributed by atoms with Crippen LogP contribution in [0, 0.1) is 6.92 Å². The summed E-state index contributed by atoms with van der Waals surface area (Å²) in [4.78, 5) is 16.8. The van der Waals surface area contributed by atoms with Crippen molar-refractivity contribution in [1.82, 2.24) is 14.9 Å². The van der Waals surface area contributed by atoms with Gasteiger partial charge in [-0.1, -0.05) is 0 Å². The molecule has 21 heavy (non-hydrogen) atoms. The summed E-state index contributed by atoms with van der Waals surface area (Å²) < 4.78 is 1.78. The SMILES string of the molecule is Cc1nc(-c2cc(C(=O)NC(C)(C)C(C)O)n(C)c2)cs1. The fraction of sp³-hybridized carbons (Fsp3) is 0.467. The Labute approximate surface area is 128 Å². The molecule has 0 aromatic carbocycles. The van der Waals surface area contributed by atoms with Crippen LogP contribution >= 0.6 is 11.3 Å². The molecule has 0 radical (unpaired) electrons. The highest BCUT2D eigenvalue weighted by Gasteiger charge is 2.27. The van der Waals surface area contributed by atoms with Crippen LogP contribution in [-0.4, -0.2) is 32.2 Å². The van der Waals surface area contributed by atoms with Gasteiger partial charge in [-0.3, -0.25) is 4.79 Å². The molecule has 0 saturated carbocycles. The zero-order valence-corrected chi connectivity index (χ0v) is 13.8. The predicted molar refractivity (Wildman–Crippen MR) is 84.5 cm³/mol. The van der Waals surface area contributed by atoms with Crippen LogP contribution in [0.2, 0.25) is 0 Å². The maximum absolute atomic E-state index is 12.4. The molecule has 2 rings (SSSR count). The lowest BCUT2D eigenvalue weighted by Crippen LogP contribution is -2.51. The highest BCUT2D eigenvalue weighted by atomic mass is 32.1. The molecule has 2 aromatic rings. The summed E-state index contributed by atoms with van der Waals surface area (Å²) in [6.07, 6.45) is 1.25. The van der Waals surface area contributed by atoms with Crippen LogP contribution in [0.4, 0.5) is 0 Å². The number of rotatable bonds is 4. The average Bonchev–Trinajstić information content (AvgIpc) is 2.94. The number of nitrogens with one attached hydrogen (secondary N) is 1. The Balaban J connectivity index is 2.25. The zero-order valence-electron chi connectivity index (χ0n) is 13.0. The number of carbonyl (C=O) groups is 1. The molecule has 0 aliphatic rings. The Morgan fingerprint density at radius 1 is 1.52 bits per heavy atom. The van der Waals surface area contributed by atoms with Crippen LogP contribution in [-0.2, 0) is 7.05 Å². The minimum absolute atomic E-state index is 0.207. The fourth-order valence-corrected chi connectivity index (χ4v) is 2.51. The first kappa shape index (κ1) is 15.7. The summed E-state index contributed by atoms with van der Waals surface area (Å²) in [5, 5.41) is 15.5. The Kier molecular flexibility index (Phi) is 4.20. The van der Waals surface area contributed by atoms with Crippen molar-refractivity contribution in [3.8, 4) is 11.3 Å². The van der Waals surface area contributed by atoms with Crippen molar-refractivity contribution in [1.29, 1.82) is 0 Å². The van der Waals surface area contributed by atoms with Crippen LogP contribution < -0.4 is 5.32 Å². The number of thiazole rings is 1. The van der Waals surface area contributed by atoms with Crippen LogP contribution in [0.1, 0.15) is 36.3 Å². The molecule has 114 valence electrons. The average molecular weight is 307 g/mol. The largest absolute Gasteiger partial charge is 0.391 e. The van der Waals surface area contributed by atoms with Gasteiger partial charge in [-0.25, -0.2) is 4.98 Å². The molecule has 0 fully saturated rings. The number of aryl methyl sites for hydroxylation is 2. The summed E-state index contributed by atoms with van der Waals surface area (Å²) in [6.45, 7) is 7.21. The van der Waals surface area contributed by atoms with Crippen molar-refractivity contribution in [2.75, 3.05) is 0 Å². The first-order chi connectivity index (χ1) is 9.70. The molecule has 0 aliphatic carbocycles. The molecule has 2 N–H and O–H groups in total. The maximum Gasteiger partial charge on any atom is 0.268 e. The Bertz CT molecular complexity index is 656. The van der Waals surface area contributed by atoms with Gasteiger partial charge in [-0.2, -0.15) is 0 Å². The molecule has 6 heteroatoms. The topological polar surface area (TPSA) is 67.2 Å². The van der Waals surface area contributed by atoms with Gasteiger partial charge in [-0.15, -0.1) is 11.3 Å². The molecule has 0 saturated heterocycles. The van der Waals surface area contributed by atoms with E-state index in [0.29, 0.717) is 5.69 Å². The molecule has 0 spiro atoms. The molecule has 5 nitrogen and oxygen atoms in total. The first-order valence-corrected chi connectivity index (χ1v) is 7.68.